The molecule has 2 amide bonds. The summed E-state index contributed by atoms with van der Waals surface area (Å²) in [7, 11) is 0. The number of esters is 1. The number of carbonyl (C=O) groups is 3. The highest BCUT2D eigenvalue weighted by Crippen LogP contribution is 2.37. The van der Waals surface area contributed by atoms with Crippen molar-refractivity contribution < 1.29 is 19.1 Å². The minimum absolute atomic E-state index is 0.0123. The van der Waals surface area contributed by atoms with Crippen LogP contribution in [0.3, 0.4) is 0 Å². The lowest BCUT2D eigenvalue weighted by atomic mass is 9.85. The molecule has 1 aliphatic heterocycles. The first-order valence-corrected chi connectivity index (χ1v) is 10.2. The number of rotatable bonds is 3. The van der Waals surface area contributed by atoms with Gasteiger partial charge in [0.2, 0.25) is 11.8 Å². The third-order valence-corrected chi connectivity index (χ3v) is 5.78. The second-order valence-corrected chi connectivity index (χ2v) is 8.88. The van der Waals surface area contributed by atoms with Gasteiger partial charge in [-0.05, 0) is 54.2 Å². The number of ether oxygens (including phenoxy) is 1. The molecule has 0 saturated carbocycles. The number of nitrogens with zero attached hydrogens (tertiary/aromatic N) is 1. The van der Waals surface area contributed by atoms with Crippen molar-refractivity contribution in [1.29, 1.82) is 0 Å². The van der Waals surface area contributed by atoms with Crippen molar-refractivity contribution in [1.82, 2.24) is 0 Å². The van der Waals surface area contributed by atoms with Gasteiger partial charge in [0, 0.05) is 0 Å². The van der Waals surface area contributed by atoms with E-state index in [0.717, 1.165) is 5.56 Å². The number of fused-ring (bicyclic) bond motifs is 1. The molecule has 1 saturated heterocycles. The van der Waals surface area contributed by atoms with E-state index >= 15 is 0 Å². The van der Waals surface area contributed by atoms with Gasteiger partial charge in [0.15, 0.2) is 0 Å². The van der Waals surface area contributed by atoms with Crippen LogP contribution in [-0.4, -0.2) is 17.8 Å². The SMILES string of the molecule is CC(C)(C)c1ccc(OC(=O)c2cccc(N3C(=O)[C@H]4CC=CC[C@@H]4C3=O)c2)cc1. The minimum Gasteiger partial charge on any atom is -0.423 e. The van der Waals surface area contributed by atoms with Crippen molar-refractivity contribution in [3.63, 3.8) is 0 Å². The Morgan fingerprint density at radius 3 is 2.10 bits per heavy atom. The van der Waals surface area contributed by atoms with Gasteiger partial charge in [0.1, 0.15) is 5.75 Å². The topological polar surface area (TPSA) is 63.7 Å². The molecule has 1 fully saturated rings. The Balaban J connectivity index is 1.53. The predicted molar refractivity (Wildman–Crippen MR) is 114 cm³/mol. The van der Waals surface area contributed by atoms with Crippen LogP contribution in [0.15, 0.2) is 60.7 Å². The summed E-state index contributed by atoms with van der Waals surface area (Å²) >= 11 is 0. The molecule has 30 heavy (non-hydrogen) atoms. The lowest BCUT2D eigenvalue weighted by Crippen LogP contribution is -2.31. The molecule has 4 rings (SSSR count). The summed E-state index contributed by atoms with van der Waals surface area (Å²) in [5.74, 6) is -1.09. The number of hydrogen-bond acceptors (Lipinski definition) is 4. The van der Waals surface area contributed by atoms with Gasteiger partial charge >= 0.3 is 5.97 Å². The molecule has 0 unspecified atom stereocenters. The second-order valence-electron chi connectivity index (χ2n) is 8.88. The average molecular weight is 403 g/mol. The maximum Gasteiger partial charge on any atom is 0.343 e. The van der Waals surface area contributed by atoms with Crippen molar-refractivity contribution in [2.75, 3.05) is 4.90 Å². The largest absolute Gasteiger partial charge is 0.423 e. The number of anilines is 1. The number of imide groups is 1. The van der Waals surface area contributed by atoms with Crippen LogP contribution in [0.2, 0.25) is 0 Å². The zero-order valence-electron chi connectivity index (χ0n) is 17.4. The molecule has 2 aromatic rings. The van der Waals surface area contributed by atoms with Crippen LogP contribution in [0.25, 0.3) is 0 Å². The van der Waals surface area contributed by atoms with E-state index in [1.54, 1.807) is 36.4 Å². The molecule has 5 heteroatoms. The van der Waals surface area contributed by atoms with Gasteiger partial charge in [-0.15, -0.1) is 0 Å². The maximum absolute atomic E-state index is 12.8. The zero-order chi connectivity index (χ0) is 21.5. The minimum atomic E-state index is -0.529. The fourth-order valence-corrected chi connectivity index (χ4v) is 4.02. The summed E-state index contributed by atoms with van der Waals surface area (Å²) in [5, 5.41) is 0. The van der Waals surface area contributed by atoms with Gasteiger partial charge in [0.05, 0.1) is 23.1 Å². The van der Waals surface area contributed by atoms with E-state index in [-0.39, 0.29) is 29.1 Å². The quantitative estimate of drug-likeness (QED) is 0.324. The van der Waals surface area contributed by atoms with E-state index < -0.39 is 5.97 Å². The normalized spacial score (nSPS) is 21.0. The summed E-state index contributed by atoms with van der Waals surface area (Å²) in [4.78, 5) is 39.5. The summed E-state index contributed by atoms with van der Waals surface area (Å²) in [6, 6.07) is 13.9. The number of allylic oxidation sites excluding steroid dienone is 2. The van der Waals surface area contributed by atoms with E-state index in [0.29, 0.717) is 29.8 Å². The van der Waals surface area contributed by atoms with Gasteiger partial charge in [-0.2, -0.15) is 0 Å². The highest BCUT2D eigenvalue weighted by Gasteiger charge is 2.47. The monoisotopic (exact) mass is 403 g/mol. The van der Waals surface area contributed by atoms with Crippen molar-refractivity contribution in [2.45, 2.75) is 39.0 Å². The lowest BCUT2D eigenvalue weighted by molar-refractivity contribution is -0.122. The molecule has 0 radical (unpaired) electrons. The molecular formula is C25H25NO4. The predicted octanol–water partition coefficient (Wildman–Crippen LogP) is 4.66. The molecule has 154 valence electrons. The van der Waals surface area contributed by atoms with Crippen LogP contribution < -0.4 is 9.64 Å². The number of amides is 2. The Morgan fingerprint density at radius 2 is 1.53 bits per heavy atom. The van der Waals surface area contributed by atoms with Gasteiger partial charge in [-0.1, -0.05) is 51.1 Å². The molecule has 2 atom stereocenters. The molecule has 0 N–H and O–H groups in total. The van der Waals surface area contributed by atoms with Crippen LogP contribution in [-0.2, 0) is 15.0 Å². The Bertz CT molecular complexity index is 1000. The maximum atomic E-state index is 12.8. The van der Waals surface area contributed by atoms with Crippen LogP contribution in [0.4, 0.5) is 5.69 Å². The molecular weight excluding hydrogens is 378 g/mol. The Morgan fingerprint density at radius 1 is 0.933 bits per heavy atom. The van der Waals surface area contributed by atoms with Crippen LogP contribution in [0.1, 0.15) is 49.5 Å². The Labute approximate surface area is 176 Å². The van der Waals surface area contributed by atoms with E-state index in [1.807, 2.05) is 24.3 Å². The van der Waals surface area contributed by atoms with Crippen molar-refractivity contribution in [2.24, 2.45) is 11.8 Å². The average Bonchev–Trinajstić information content (AvgIpc) is 2.98. The standard InChI is InChI=1S/C25H25NO4/c1-25(2,3)17-11-13-19(14-12-17)30-24(29)16-7-6-8-18(15-16)26-22(27)20-9-4-5-10-21(20)23(26)28/h4-8,11-15,20-21H,9-10H2,1-3H3/t20-,21-/m0/s1. The van der Waals surface area contributed by atoms with Gasteiger partial charge < -0.3 is 4.74 Å². The van der Waals surface area contributed by atoms with E-state index in [2.05, 4.69) is 20.8 Å². The molecule has 2 aromatic carbocycles. The summed E-state index contributed by atoms with van der Waals surface area (Å²) < 4.78 is 5.50. The lowest BCUT2D eigenvalue weighted by Gasteiger charge is -2.19. The molecule has 1 aliphatic carbocycles. The third kappa shape index (κ3) is 3.67. The molecule has 0 aromatic heterocycles. The van der Waals surface area contributed by atoms with Gasteiger partial charge in [-0.25, -0.2) is 4.79 Å². The first-order valence-electron chi connectivity index (χ1n) is 10.2. The van der Waals surface area contributed by atoms with Gasteiger partial charge in [0.25, 0.3) is 0 Å². The molecule has 2 aliphatic rings. The van der Waals surface area contributed by atoms with E-state index in [1.165, 1.54) is 4.90 Å². The van der Waals surface area contributed by atoms with Crippen LogP contribution >= 0.6 is 0 Å². The smallest absolute Gasteiger partial charge is 0.343 e. The summed E-state index contributed by atoms with van der Waals surface area (Å²) in [6.45, 7) is 6.35. The highest BCUT2D eigenvalue weighted by molar-refractivity contribution is 6.22. The molecule has 5 nitrogen and oxygen atoms in total. The first-order chi connectivity index (χ1) is 14.3. The van der Waals surface area contributed by atoms with E-state index in [4.69, 9.17) is 4.74 Å². The number of hydrogen-bond donors (Lipinski definition) is 0. The molecule has 0 spiro atoms. The van der Waals surface area contributed by atoms with Gasteiger partial charge in [-0.3, -0.25) is 14.5 Å². The molecule has 0 bridgehead atoms. The fourth-order valence-electron chi connectivity index (χ4n) is 4.02. The Kier molecular flexibility index (Phi) is 5.06. The third-order valence-electron chi connectivity index (χ3n) is 5.78. The van der Waals surface area contributed by atoms with Crippen molar-refractivity contribution >= 4 is 23.5 Å². The number of carbonyl (C=O) groups excluding carboxylic acids is 3. The Hall–Kier alpha value is -3.21. The first kappa shape index (κ1) is 20.1. The van der Waals surface area contributed by atoms with Crippen LogP contribution in [0, 0.1) is 11.8 Å². The second kappa shape index (κ2) is 7.56. The summed E-state index contributed by atoms with van der Waals surface area (Å²) in [6.07, 6.45) is 5.07. The van der Waals surface area contributed by atoms with E-state index in [9.17, 15) is 14.4 Å². The summed E-state index contributed by atoms with van der Waals surface area (Å²) in [5.41, 5.74) is 1.86. The van der Waals surface area contributed by atoms with Crippen molar-refractivity contribution in [3.8, 4) is 5.75 Å². The van der Waals surface area contributed by atoms with Crippen LogP contribution in [0.5, 0.6) is 5.75 Å². The zero-order valence-corrected chi connectivity index (χ0v) is 17.4. The fraction of sp³-hybridized carbons (Fsp3) is 0.320. The number of benzene rings is 2. The highest BCUT2D eigenvalue weighted by atomic mass is 16.5. The molecule has 1 heterocycles. The van der Waals surface area contributed by atoms with Crippen molar-refractivity contribution in [3.05, 3.63) is 71.8 Å².